The van der Waals surface area contributed by atoms with Gasteiger partial charge in [-0.05, 0) is 32.1 Å². The van der Waals surface area contributed by atoms with Gasteiger partial charge < -0.3 is 45.4 Å². The summed E-state index contributed by atoms with van der Waals surface area (Å²) in [5.41, 5.74) is 0. The van der Waals surface area contributed by atoms with Gasteiger partial charge in [0, 0.05) is 0 Å². The molecule has 0 radical (unpaired) electrons. The van der Waals surface area contributed by atoms with Crippen LogP contribution in [0.25, 0.3) is 0 Å². The smallest absolute Gasteiger partial charge is 0.249 e. The van der Waals surface area contributed by atoms with Crippen molar-refractivity contribution in [2.24, 2.45) is 0 Å². The maximum Gasteiger partial charge on any atom is 0.249 e. The number of carbonyl (C=O) groups is 1. The molecule has 1 rings (SSSR count). The van der Waals surface area contributed by atoms with Crippen LogP contribution in [0.5, 0.6) is 0 Å². The normalized spacial score (nSPS) is 20.0. The van der Waals surface area contributed by atoms with Crippen LogP contribution in [0, 0.1) is 0 Å². The van der Waals surface area contributed by atoms with Gasteiger partial charge in [-0.25, -0.2) is 0 Å². The molecule has 0 aromatic heterocycles. The van der Waals surface area contributed by atoms with Crippen LogP contribution in [0.4, 0.5) is 0 Å². The predicted octanol–water partition coefficient (Wildman–Crippen LogP) is 13.5. The number of amides is 1. The molecule has 0 aromatic carbocycles. The Balaban J connectivity index is 2.23. The summed E-state index contributed by atoms with van der Waals surface area (Å²) in [6.45, 7) is 3.63. The molecule has 0 spiro atoms. The molecular weight excluding hydrogens is 867 g/mol. The van der Waals surface area contributed by atoms with E-state index in [1.54, 1.807) is 6.08 Å². The molecule has 1 fully saturated rings. The molecule has 1 aliphatic heterocycles. The monoisotopic (exact) mass is 980 g/mol. The second kappa shape index (κ2) is 48.9. The van der Waals surface area contributed by atoms with E-state index in [0.29, 0.717) is 12.8 Å². The van der Waals surface area contributed by atoms with Gasteiger partial charge in [-0.15, -0.1) is 0 Å². The lowest BCUT2D eigenvalue weighted by Gasteiger charge is -2.40. The lowest BCUT2D eigenvalue weighted by Crippen LogP contribution is -2.60. The number of allylic oxidation sites excluding steroid dienone is 3. The van der Waals surface area contributed by atoms with E-state index in [9.17, 15) is 35.4 Å². The molecular formula is C59H113NO9. The fourth-order valence-electron chi connectivity index (χ4n) is 9.59. The van der Waals surface area contributed by atoms with Gasteiger partial charge in [0.1, 0.15) is 30.5 Å². The van der Waals surface area contributed by atoms with Crippen LogP contribution in [0.15, 0.2) is 24.3 Å². The molecule has 8 unspecified atom stereocenters. The van der Waals surface area contributed by atoms with Crippen molar-refractivity contribution in [3.8, 4) is 0 Å². The van der Waals surface area contributed by atoms with Gasteiger partial charge in [0.25, 0.3) is 0 Å². The molecule has 10 heteroatoms. The Labute approximate surface area is 424 Å². The number of hydrogen-bond acceptors (Lipinski definition) is 9. The number of hydrogen-bond donors (Lipinski definition) is 7. The van der Waals surface area contributed by atoms with E-state index in [1.165, 1.54) is 218 Å². The Bertz CT molecular complexity index is 1150. The minimum absolute atomic E-state index is 0.309. The molecule has 1 saturated heterocycles. The van der Waals surface area contributed by atoms with Crippen LogP contribution < -0.4 is 5.32 Å². The van der Waals surface area contributed by atoms with Crippen molar-refractivity contribution in [1.29, 1.82) is 0 Å². The van der Waals surface area contributed by atoms with Crippen molar-refractivity contribution in [2.75, 3.05) is 13.2 Å². The van der Waals surface area contributed by atoms with Gasteiger partial charge in [-0.1, -0.05) is 276 Å². The Morgan fingerprint density at radius 1 is 0.493 bits per heavy atom. The average molecular weight is 981 g/mol. The summed E-state index contributed by atoms with van der Waals surface area (Å²) in [5.74, 6) is -0.620. The Morgan fingerprint density at radius 3 is 1.26 bits per heavy atom. The molecule has 408 valence electrons. The third-order valence-corrected chi connectivity index (χ3v) is 14.4. The number of rotatable bonds is 51. The highest BCUT2D eigenvalue weighted by Gasteiger charge is 2.44. The van der Waals surface area contributed by atoms with Crippen molar-refractivity contribution in [3.63, 3.8) is 0 Å². The largest absolute Gasteiger partial charge is 0.394 e. The van der Waals surface area contributed by atoms with Gasteiger partial charge in [0.15, 0.2) is 6.29 Å². The van der Waals surface area contributed by atoms with E-state index < -0.39 is 61.5 Å². The zero-order chi connectivity index (χ0) is 50.3. The summed E-state index contributed by atoms with van der Waals surface area (Å²) in [5, 5.41) is 65.0. The van der Waals surface area contributed by atoms with Gasteiger partial charge in [0.05, 0.1) is 25.4 Å². The SMILES string of the molecule is CCCCCCCCCCCCC/C=C/CC/C=C/C(O)C(COC1OC(CO)C(O)C(O)C1O)NC(=O)C(O)CCCCCCCCCCCCCCCCCCCCCCCCCCCCC. The number of aliphatic hydroxyl groups excluding tert-OH is 6. The summed E-state index contributed by atoms with van der Waals surface area (Å²) in [7, 11) is 0. The van der Waals surface area contributed by atoms with Crippen molar-refractivity contribution in [2.45, 2.75) is 332 Å². The van der Waals surface area contributed by atoms with Crippen LogP contribution in [0.2, 0.25) is 0 Å². The van der Waals surface area contributed by atoms with Crippen molar-refractivity contribution in [3.05, 3.63) is 24.3 Å². The first-order valence-electron chi connectivity index (χ1n) is 29.7. The summed E-state index contributed by atoms with van der Waals surface area (Å²) in [6, 6.07) is -0.994. The maximum atomic E-state index is 13.1. The minimum atomic E-state index is -1.61. The van der Waals surface area contributed by atoms with Crippen LogP contribution in [0.3, 0.4) is 0 Å². The van der Waals surface area contributed by atoms with E-state index in [2.05, 4.69) is 31.3 Å². The third kappa shape index (κ3) is 38.0. The van der Waals surface area contributed by atoms with Crippen LogP contribution in [-0.4, -0.2) is 98.7 Å². The Morgan fingerprint density at radius 2 is 0.855 bits per heavy atom. The fourth-order valence-corrected chi connectivity index (χ4v) is 9.59. The highest BCUT2D eigenvalue weighted by molar-refractivity contribution is 5.80. The summed E-state index contributed by atoms with van der Waals surface area (Å²) < 4.78 is 11.2. The third-order valence-electron chi connectivity index (χ3n) is 14.4. The number of ether oxygens (including phenoxy) is 2. The van der Waals surface area contributed by atoms with Crippen LogP contribution in [0.1, 0.15) is 284 Å². The molecule has 7 N–H and O–H groups in total. The van der Waals surface area contributed by atoms with Gasteiger partial charge in [-0.2, -0.15) is 0 Å². The predicted molar refractivity (Wildman–Crippen MR) is 287 cm³/mol. The second-order valence-electron chi connectivity index (χ2n) is 20.9. The molecule has 8 atom stereocenters. The summed E-state index contributed by atoms with van der Waals surface area (Å²) >= 11 is 0. The van der Waals surface area contributed by atoms with E-state index >= 15 is 0 Å². The first kappa shape index (κ1) is 65.6. The van der Waals surface area contributed by atoms with E-state index in [0.717, 1.165) is 38.5 Å². The van der Waals surface area contributed by atoms with Crippen molar-refractivity contribution >= 4 is 5.91 Å². The summed E-state index contributed by atoms with van der Waals surface area (Å²) in [6.07, 6.45) is 51.5. The van der Waals surface area contributed by atoms with Gasteiger partial charge >= 0.3 is 0 Å². The molecule has 0 aromatic rings. The summed E-state index contributed by atoms with van der Waals surface area (Å²) in [4.78, 5) is 13.1. The van der Waals surface area contributed by atoms with Crippen LogP contribution >= 0.6 is 0 Å². The van der Waals surface area contributed by atoms with E-state index in [4.69, 9.17) is 9.47 Å². The fraction of sp³-hybridized carbons (Fsp3) is 0.915. The molecule has 1 amide bonds. The van der Waals surface area contributed by atoms with Crippen molar-refractivity contribution < 1.29 is 44.9 Å². The number of nitrogens with one attached hydrogen (secondary N) is 1. The zero-order valence-electron chi connectivity index (χ0n) is 44.9. The lowest BCUT2D eigenvalue weighted by atomic mass is 9.99. The Hall–Kier alpha value is -1.37. The number of carbonyl (C=O) groups excluding carboxylic acids is 1. The second-order valence-corrected chi connectivity index (χ2v) is 20.9. The number of aliphatic hydroxyl groups is 6. The van der Waals surface area contributed by atoms with E-state index in [-0.39, 0.29) is 6.61 Å². The first-order valence-corrected chi connectivity index (χ1v) is 29.7. The molecule has 1 aliphatic rings. The Kier molecular flexibility index (Phi) is 46.5. The quantitative estimate of drug-likeness (QED) is 0.0232. The average Bonchev–Trinajstić information content (AvgIpc) is 3.35. The molecule has 0 bridgehead atoms. The number of unbranched alkanes of at least 4 members (excludes halogenated alkanes) is 38. The molecule has 1 heterocycles. The van der Waals surface area contributed by atoms with Gasteiger partial charge in [-0.3, -0.25) is 4.79 Å². The molecule has 0 aliphatic carbocycles. The standard InChI is InChI=1S/C59H113NO9/c1-3-5-7-9-11-13-15-17-19-21-22-23-24-25-26-27-28-29-30-32-34-36-38-40-42-44-46-48-53(63)58(67)60-51(50-68-59-57(66)56(65)55(64)54(49-61)69-59)52(62)47-45-43-41-39-37-35-33-31-20-18-16-14-12-10-8-6-4-2/h37,39,45,47,51-57,59,61-66H,3-36,38,40-44,46,48-50H2,1-2H3,(H,60,67)/b39-37+,47-45+. The first-order chi connectivity index (χ1) is 33.8. The molecule has 0 saturated carbocycles. The zero-order valence-corrected chi connectivity index (χ0v) is 44.9. The van der Waals surface area contributed by atoms with Crippen molar-refractivity contribution in [1.82, 2.24) is 5.32 Å². The highest BCUT2D eigenvalue weighted by atomic mass is 16.7. The molecule has 10 nitrogen and oxygen atoms in total. The topological polar surface area (TPSA) is 169 Å². The van der Waals surface area contributed by atoms with E-state index in [1.807, 2.05) is 6.08 Å². The minimum Gasteiger partial charge on any atom is -0.394 e. The molecule has 69 heavy (non-hydrogen) atoms. The van der Waals surface area contributed by atoms with Crippen LogP contribution in [-0.2, 0) is 14.3 Å². The highest BCUT2D eigenvalue weighted by Crippen LogP contribution is 2.23. The maximum absolute atomic E-state index is 13.1. The van der Waals surface area contributed by atoms with Gasteiger partial charge in [0.2, 0.25) is 5.91 Å². The lowest BCUT2D eigenvalue weighted by molar-refractivity contribution is -0.302.